The maximum atomic E-state index is 11.1. The summed E-state index contributed by atoms with van der Waals surface area (Å²) in [4.78, 5) is 11.1. The Morgan fingerprint density at radius 1 is 1.32 bits per heavy atom. The molecule has 1 heterocycles. The van der Waals surface area contributed by atoms with Crippen LogP contribution in [0.25, 0.3) is 0 Å². The first-order valence-electron chi connectivity index (χ1n) is 6.65. The van der Waals surface area contributed by atoms with Gasteiger partial charge in [-0.25, -0.2) is 0 Å². The first-order chi connectivity index (χ1) is 9.06. The van der Waals surface area contributed by atoms with Crippen LogP contribution in [0.2, 0.25) is 0 Å². The molecule has 1 aromatic heterocycles. The Balaban J connectivity index is 2.30. The van der Waals surface area contributed by atoms with Gasteiger partial charge in [-0.3, -0.25) is 4.79 Å². The second-order valence-electron chi connectivity index (χ2n) is 5.05. The molecule has 1 aliphatic rings. The molecule has 2 rings (SSSR count). The predicted octanol–water partition coefficient (Wildman–Crippen LogP) is 3.86. The standard InChI is InChI=1S/C16H20O3/c1-11-5-4-6-14(19-13(3)17)7-8-15-12(2)10-18-16(15)9-11/h5,7,10H,4,6,8-9H2,1-3H3. The summed E-state index contributed by atoms with van der Waals surface area (Å²) in [6.07, 6.45) is 9.26. The summed E-state index contributed by atoms with van der Waals surface area (Å²) >= 11 is 0. The summed E-state index contributed by atoms with van der Waals surface area (Å²) in [6.45, 7) is 5.60. The van der Waals surface area contributed by atoms with E-state index in [0.29, 0.717) is 0 Å². The van der Waals surface area contributed by atoms with E-state index in [-0.39, 0.29) is 5.97 Å². The quantitative estimate of drug-likeness (QED) is 0.568. The molecule has 102 valence electrons. The summed E-state index contributed by atoms with van der Waals surface area (Å²) in [7, 11) is 0. The molecule has 0 aliphatic heterocycles. The average Bonchev–Trinajstić information content (AvgIpc) is 2.66. The zero-order chi connectivity index (χ0) is 13.8. The number of carbonyl (C=O) groups excluding carboxylic acids is 1. The Hall–Kier alpha value is -1.77. The Kier molecular flexibility index (Phi) is 4.25. The van der Waals surface area contributed by atoms with Gasteiger partial charge in [-0.2, -0.15) is 0 Å². The number of allylic oxidation sites excluding steroid dienone is 4. The number of aryl methyl sites for hydroxylation is 1. The first kappa shape index (κ1) is 13.7. The van der Waals surface area contributed by atoms with Crippen molar-refractivity contribution >= 4 is 5.97 Å². The molecule has 0 atom stereocenters. The molecular formula is C16H20O3. The molecule has 0 N–H and O–H groups in total. The monoisotopic (exact) mass is 260 g/mol. The maximum Gasteiger partial charge on any atom is 0.307 e. The lowest BCUT2D eigenvalue weighted by molar-refractivity contribution is -0.137. The Morgan fingerprint density at radius 3 is 2.84 bits per heavy atom. The van der Waals surface area contributed by atoms with Crippen LogP contribution in [-0.2, 0) is 22.4 Å². The van der Waals surface area contributed by atoms with Gasteiger partial charge >= 0.3 is 5.97 Å². The van der Waals surface area contributed by atoms with Crippen molar-refractivity contribution in [2.75, 3.05) is 0 Å². The van der Waals surface area contributed by atoms with Gasteiger partial charge in [0.05, 0.1) is 6.26 Å². The van der Waals surface area contributed by atoms with Crippen LogP contribution in [-0.4, -0.2) is 5.97 Å². The molecule has 0 saturated heterocycles. The SMILES string of the molecule is CC(=O)OC1=CCc2c(C)coc2CC(C)=CCC1. The molecule has 0 bridgehead atoms. The van der Waals surface area contributed by atoms with Crippen molar-refractivity contribution in [2.24, 2.45) is 0 Å². The maximum absolute atomic E-state index is 11.1. The predicted molar refractivity (Wildman–Crippen MR) is 73.7 cm³/mol. The molecule has 1 aromatic rings. The van der Waals surface area contributed by atoms with Crippen molar-refractivity contribution in [1.82, 2.24) is 0 Å². The normalized spacial score (nSPS) is 16.2. The van der Waals surface area contributed by atoms with Crippen molar-refractivity contribution in [2.45, 2.75) is 46.5 Å². The van der Waals surface area contributed by atoms with Crippen molar-refractivity contribution in [3.8, 4) is 0 Å². The molecule has 0 aromatic carbocycles. The highest BCUT2D eigenvalue weighted by atomic mass is 16.5. The second kappa shape index (κ2) is 5.91. The van der Waals surface area contributed by atoms with Crippen molar-refractivity contribution in [1.29, 1.82) is 0 Å². The van der Waals surface area contributed by atoms with Gasteiger partial charge in [-0.1, -0.05) is 11.6 Å². The van der Waals surface area contributed by atoms with Crippen LogP contribution in [0.1, 0.15) is 43.6 Å². The van der Waals surface area contributed by atoms with E-state index < -0.39 is 0 Å². The molecule has 0 unspecified atom stereocenters. The lowest BCUT2D eigenvalue weighted by Gasteiger charge is -2.09. The fourth-order valence-corrected chi connectivity index (χ4v) is 2.33. The van der Waals surface area contributed by atoms with E-state index in [9.17, 15) is 4.79 Å². The zero-order valence-electron chi connectivity index (χ0n) is 11.8. The van der Waals surface area contributed by atoms with Gasteiger partial charge in [-0.05, 0) is 38.3 Å². The third kappa shape index (κ3) is 3.60. The summed E-state index contributed by atoms with van der Waals surface area (Å²) < 4.78 is 10.9. The fraction of sp³-hybridized carbons (Fsp3) is 0.438. The number of rotatable bonds is 1. The molecule has 1 aliphatic carbocycles. The number of furan rings is 1. The fourth-order valence-electron chi connectivity index (χ4n) is 2.33. The number of carbonyl (C=O) groups is 1. The third-order valence-electron chi connectivity index (χ3n) is 3.32. The topological polar surface area (TPSA) is 39.4 Å². The van der Waals surface area contributed by atoms with Crippen LogP contribution in [0.15, 0.2) is 34.2 Å². The zero-order valence-corrected chi connectivity index (χ0v) is 11.8. The summed E-state index contributed by atoms with van der Waals surface area (Å²) in [5.74, 6) is 1.52. The van der Waals surface area contributed by atoms with Crippen LogP contribution >= 0.6 is 0 Å². The number of ether oxygens (including phenoxy) is 1. The van der Waals surface area contributed by atoms with Crippen molar-refractivity contribution in [3.05, 3.63) is 46.6 Å². The number of fused-ring (bicyclic) bond motifs is 1. The Bertz CT molecular complexity index is 532. The van der Waals surface area contributed by atoms with Crippen LogP contribution in [0, 0.1) is 6.92 Å². The Labute approximate surface area is 113 Å². The second-order valence-corrected chi connectivity index (χ2v) is 5.05. The van der Waals surface area contributed by atoms with Gasteiger partial charge in [-0.15, -0.1) is 0 Å². The minimum absolute atomic E-state index is 0.256. The van der Waals surface area contributed by atoms with Crippen LogP contribution in [0.3, 0.4) is 0 Å². The van der Waals surface area contributed by atoms with Gasteiger partial charge in [0.1, 0.15) is 11.5 Å². The lowest BCUT2D eigenvalue weighted by Crippen LogP contribution is -2.02. The molecule has 0 saturated carbocycles. The van der Waals surface area contributed by atoms with Crippen molar-refractivity contribution in [3.63, 3.8) is 0 Å². The lowest BCUT2D eigenvalue weighted by atomic mass is 10.0. The van der Waals surface area contributed by atoms with E-state index in [2.05, 4.69) is 13.0 Å². The van der Waals surface area contributed by atoms with Crippen LogP contribution in [0.4, 0.5) is 0 Å². The first-order valence-corrected chi connectivity index (χ1v) is 6.65. The van der Waals surface area contributed by atoms with E-state index in [1.54, 1.807) is 6.26 Å². The number of hydrogen-bond acceptors (Lipinski definition) is 3. The molecular weight excluding hydrogens is 240 g/mol. The molecule has 0 fully saturated rings. The van der Waals surface area contributed by atoms with Crippen LogP contribution in [0.5, 0.6) is 0 Å². The molecule has 0 amide bonds. The highest BCUT2D eigenvalue weighted by Crippen LogP contribution is 2.23. The molecule has 3 heteroatoms. The van der Waals surface area contributed by atoms with E-state index in [1.807, 2.05) is 13.0 Å². The number of esters is 1. The Morgan fingerprint density at radius 2 is 2.11 bits per heavy atom. The van der Waals surface area contributed by atoms with E-state index >= 15 is 0 Å². The number of hydrogen-bond donors (Lipinski definition) is 0. The van der Waals surface area contributed by atoms with Crippen LogP contribution < -0.4 is 0 Å². The van der Waals surface area contributed by atoms with Gasteiger partial charge in [0.2, 0.25) is 0 Å². The van der Waals surface area contributed by atoms with Gasteiger partial charge < -0.3 is 9.15 Å². The highest BCUT2D eigenvalue weighted by molar-refractivity contribution is 5.67. The molecule has 0 spiro atoms. The van der Waals surface area contributed by atoms with E-state index in [0.717, 1.165) is 42.8 Å². The molecule has 0 radical (unpaired) electrons. The highest BCUT2D eigenvalue weighted by Gasteiger charge is 2.13. The van der Waals surface area contributed by atoms with Gasteiger partial charge in [0, 0.05) is 25.3 Å². The average molecular weight is 260 g/mol. The van der Waals surface area contributed by atoms with Gasteiger partial charge in [0.25, 0.3) is 0 Å². The third-order valence-corrected chi connectivity index (χ3v) is 3.32. The summed E-state index contributed by atoms with van der Waals surface area (Å²) in [6, 6.07) is 0. The minimum atomic E-state index is -0.256. The summed E-state index contributed by atoms with van der Waals surface area (Å²) in [5, 5.41) is 0. The molecule has 3 nitrogen and oxygen atoms in total. The molecule has 19 heavy (non-hydrogen) atoms. The van der Waals surface area contributed by atoms with E-state index in [4.69, 9.17) is 9.15 Å². The van der Waals surface area contributed by atoms with E-state index in [1.165, 1.54) is 18.1 Å². The largest absolute Gasteiger partial charge is 0.468 e. The minimum Gasteiger partial charge on any atom is -0.468 e. The van der Waals surface area contributed by atoms with Gasteiger partial charge in [0.15, 0.2) is 0 Å². The summed E-state index contributed by atoms with van der Waals surface area (Å²) in [5.41, 5.74) is 3.65. The van der Waals surface area contributed by atoms with Crippen molar-refractivity contribution < 1.29 is 13.9 Å². The smallest absolute Gasteiger partial charge is 0.307 e.